The number of aliphatic carboxylic acids is 1. The maximum atomic E-state index is 11.2. The van der Waals surface area contributed by atoms with E-state index >= 15 is 0 Å². The van der Waals surface area contributed by atoms with Gasteiger partial charge in [-0.3, -0.25) is 0 Å². The van der Waals surface area contributed by atoms with Crippen molar-refractivity contribution in [3.63, 3.8) is 0 Å². The van der Waals surface area contributed by atoms with Crippen molar-refractivity contribution in [1.82, 2.24) is 4.57 Å². The number of carboxylic acid groups (broad SMARTS) is 1. The molecule has 1 aromatic heterocycles. The molecule has 0 radical (unpaired) electrons. The lowest BCUT2D eigenvalue weighted by Crippen LogP contribution is -2.11. The van der Waals surface area contributed by atoms with Gasteiger partial charge in [0, 0.05) is 29.4 Å². The number of carbonyl (C=O) groups is 1. The van der Waals surface area contributed by atoms with Crippen LogP contribution in [0.3, 0.4) is 0 Å². The Balaban J connectivity index is 2.23. The molecule has 0 bridgehead atoms. The van der Waals surface area contributed by atoms with Gasteiger partial charge in [-0.25, -0.2) is 4.79 Å². The molecule has 0 fully saturated rings. The van der Waals surface area contributed by atoms with Crippen LogP contribution in [0.2, 0.25) is 0 Å². The Hall–Kier alpha value is -2.85. The maximum Gasteiger partial charge on any atom is 0.332 e. The number of rotatable bonds is 4. The summed E-state index contributed by atoms with van der Waals surface area (Å²) in [7, 11) is 0. The van der Waals surface area contributed by atoms with E-state index in [1.54, 1.807) is 6.08 Å². The van der Waals surface area contributed by atoms with Crippen LogP contribution in [-0.4, -0.2) is 22.2 Å². The largest absolute Gasteiger partial charge is 0.478 e. The third kappa shape index (κ3) is 2.52. The minimum atomic E-state index is -0.987. The van der Waals surface area contributed by atoms with Gasteiger partial charge in [0.1, 0.15) is 0 Å². The van der Waals surface area contributed by atoms with Gasteiger partial charge in [0.25, 0.3) is 0 Å². The Kier molecular flexibility index (Phi) is 3.76. The SMILES string of the molecule is NC/C(=C\c1cn(-c2ccccc2)c2ccccc12)C(=O)O. The highest BCUT2D eigenvalue weighted by atomic mass is 16.4. The van der Waals surface area contributed by atoms with E-state index < -0.39 is 5.97 Å². The van der Waals surface area contributed by atoms with E-state index in [0.29, 0.717) is 0 Å². The Morgan fingerprint density at radius 3 is 2.45 bits per heavy atom. The van der Waals surface area contributed by atoms with E-state index in [9.17, 15) is 9.90 Å². The van der Waals surface area contributed by atoms with Crippen LogP contribution in [0.4, 0.5) is 0 Å². The van der Waals surface area contributed by atoms with Crippen molar-refractivity contribution in [3.05, 3.63) is 71.9 Å². The van der Waals surface area contributed by atoms with Crippen molar-refractivity contribution in [3.8, 4) is 5.69 Å². The number of nitrogens with two attached hydrogens (primary N) is 1. The van der Waals surface area contributed by atoms with Crippen LogP contribution in [0, 0.1) is 0 Å². The number of hydrogen-bond donors (Lipinski definition) is 2. The molecule has 0 amide bonds. The molecule has 0 aliphatic heterocycles. The fraction of sp³-hybridized carbons (Fsp3) is 0.0556. The molecule has 1 heterocycles. The lowest BCUT2D eigenvalue weighted by atomic mass is 10.1. The monoisotopic (exact) mass is 292 g/mol. The van der Waals surface area contributed by atoms with Gasteiger partial charge in [-0.2, -0.15) is 0 Å². The Labute approximate surface area is 128 Å². The molecular formula is C18H16N2O2. The minimum absolute atomic E-state index is 0.000176. The molecule has 3 N–H and O–H groups in total. The van der Waals surface area contributed by atoms with Crippen molar-refractivity contribution in [2.45, 2.75) is 0 Å². The number of benzene rings is 2. The van der Waals surface area contributed by atoms with Gasteiger partial charge in [-0.1, -0.05) is 36.4 Å². The summed E-state index contributed by atoms with van der Waals surface area (Å²) in [6.45, 7) is 0.000176. The highest BCUT2D eigenvalue weighted by Gasteiger charge is 2.11. The van der Waals surface area contributed by atoms with Crippen LogP contribution >= 0.6 is 0 Å². The normalized spacial score (nSPS) is 11.8. The van der Waals surface area contributed by atoms with Gasteiger partial charge < -0.3 is 15.4 Å². The molecule has 4 heteroatoms. The molecule has 0 aliphatic rings. The van der Waals surface area contributed by atoms with E-state index in [-0.39, 0.29) is 12.1 Å². The summed E-state index contributed by atoms with van der Waals surface area (Å²) in [4.78, 5) is 11.2. The fourth-order valence-electron chi connectivity index (χ4n) is 2.52. The van der Waals surface area contributed by atoms with Gasteiger partial charge in [0.15, 0.2) is 0 Å². The number of aromatic nitrogens is 1. The van der Waals surface area contributed by atoms with Crippen LogP contribution in [0.25, 0.3) is 22.7 Å². The van der Waals surface area contributed by atoms with Gasteiger partial charge >= 0.3 is 5.97 Å². The summed E-state index contributed by atoms with van der Waals surface area (Å²) in [5, 5.41) is 10.2. The molecule has 22 heavy (non-hydrogen) atoms. The highest BCUT2D eigenvalue weighted by Crippen LogP contribution is 2.26. The van der Waals surface area contributed by atoms with E-state index in [0.717, 1.165) is 22.2 Å². The topological polar surface area (TPSA) is 68.2 Å². The van der Waals surface area contributed by atoms with Crippen LogP contribution < -0.4 is 5.73 Å². The molecule has 0 aliphatic carbocycles. The molecule has 0 unspecified atom stereocenters. The number of hydrogen-bond acceptors (Lipinski definition) is 2. The predicted octanol–water partition coefficient (Wildman–Crippen LogP) is 3.06. The highest BCUT2D eigenvalue weighted by molar-refractivity contribution is 5.98. The summed E-state index contributed by atoms with van der Waals surface area (Å²) in [6.07, 6.45) is 3.59. The molecule has 0 atom stereocenters. The second kappa shape index (κ2) is 5.87. The van der Waals surface area contributed by atoms with E-state index in [4.69, 9.17) is 5.73 Å². The fourth-order valence-corrected chi connectivity index (χ4v) is 2.52. The summed E-state index contributed by atoms with van der Waals surface area (Å²) >= 11 is 0. The molecule has 3 aromatic rings. The molecular weight excluding hydrogens is 276 g/mol. The third-order valence-electron chi connectivity index (χ3n) is 3.60. The molecule has 0 saturated carbocycles. The van der Waals surface area contributed by atoms with Crippen LogP contribution in [0.1, 0.15) is 5.56 Å². The average Bonchev–Trinajstić information content (AvgIpc) is 2.92. The smallest absolute Gasteiger partial charge is 0.332 e. The van der Waals surface area contributed by atoms with E-state index in [2.05, 4.69) is 4.57 Å². The average molecular weight is 292 g/mol. The second-order valence-electron chi connectivity index (χ2n) is 4.99. The van der Waals surface area contributed by atoms with Gasteiger partial charge in [-0.15, -0.1) is 0 Å². The quantitative estimate of drug-likeness (QED) is 0.726. The zero-order chi connectivity index (χ0) is 15.5. The Bertz CT molecular complexity index is 848. The van der Waals surface area contributed by atoms with Crippen LogP contribution in [0.5, 0.6) is 0 Å². The predicted molar refractivity (Wildman–Crippen MR) is 87.9 cm³/mol. The Morgan fingerprint density at radius 1 is 1.09 bits per heavy atom. The first-order valence-corrected chi connectivity index (χ1v) is 7.00. The van der Waals surface area contributed by atoms with Crippen LogP contribution in [-0.2, 0) is 4.79 Å². The van der Waals surface area contributed by atoms with E-state index in [1.807, 2.05) is 60.8 Å². The number of para-hydroxylation sites is 2. The van der Waals surface area contributed by atoms with Crippen molar-refractivity contribution in [2.75, 3.05) is 6.54 Å². The summed E-state index contributed by atoms with van der Waals surface area (Å²) in [5.74, 6) is -0.987. The first kappa shape index (κ1) is 14.1. The number of carboxylic acids is 1. The van der Waals surface area contributed by atoms with Gasteiger partial charge in [0.2, 0.25) is 0 Å². The first-order valence-electron chi connectivity index (χ1n) is 7.00. The lowest BCUT2D eigenvalue weighted by Gasteiger charge is -2.04. The van der Waals surface area contributed by atoms with Crippen molar-refractivity contribution >= 4 is 22.9 Å². The van der Waals surface area contributed by atoms with Gasteiger partial charge in [-0.05, 0) is 24.3 Å². The third-order valence-corrected chi connectivity index (χ3v) is 3.60. The second-order valence-corrected chi connectivity index (χ2v) is 4.99. The summed E-state index contributed by atoms with van der Waals surface area (Å²) < 4.78 is 2.05. The number of fused-ring (bicyclic) bond motifs is 1. The molecule has 0 saturated heterocycles. The minimum Gasteiger partial charge on any atom is -0.478 e. The van der Waals surface area contributed by atoms with Crippen LogP contribution in [0.15, 0.2) is 66.4 Å². The maximum absolute atomic E-state index is 11.2. The summed E-state index contributed by atoms with van der Waals surface area (Å²) in [6, 6.07) is 17.9. The van der Waals surface area contributed by atoms with Gasteiger partial charge in [0.05, 0.1) is 11.1 Å². The van der Waals surface area contributed by atoms with E-state index in [1.165, 1.54) is 0 Å². The molecule has 3 rings (SSSR count). The number of nitrogens with zero attached hydrogens (tertiary/aromatic N) is 1. The van der Waals surface area contributed by atoms with Crippen molar-refractivity contribution in [1.29, 1.82) is 0 Å². The lowest BCUT2D eigenvalue weighted by molar-refractivity contribution is -0.132. The molecule has 0 spiro atoms. The molecule has 110 valence electrons. The van der Waals surface area contributed by atoms with Crippen molar-refractivity contribution in [2.24, 2.45) is 5.73 Å². The standard InChI is InChI=1S/C18H16N2O2/c19-11-13(18(21)22)10-14-12-20(15-6-2-1-3-7-15)17-9-5-4-8-16(14)17/h1-10,12H,11,19H2,(H,21,22)/b13-10+. The summed E-state index contributed by atoms with van der Waals surface area (Å²) in [5.41, 5.74) is 8.63. The molecule has 2 aromatic carbocycles. The zero-order valence-electron chi connectivity index (χ0n) is 11.9. The molecule has 4 nitrogen and oxygen atoms in total. The Morgan fingerprint density at radius 2 is 1.77 bits per heavy atom. The first-order chi connectivity index (χ1) is 10.7. The zero-order valence-corrected chi connectivity index (χ0v) is 11.9. The van der Waals surface area contributed by atoms with Crippen molar-refractivity contribution < 1.29 is 9.90 Å².